The number of ether oxygens (including phenoxy) is 3. The molecule has 1 amide bonds. The van der Waals surface area contributed by atoms with Gasteiger partial charge in [-0.2, -0.15) is 0 Å². The first-order chi connectivity index (χ1) is 22.3. The number of halogens is 1. The predicted octanol–water partition coefficient (Wildman–Crippen LogP) is 7.83. The molecule has 5 atom stereocenters. The molecule has 1 saturated heterocycles. The smallest absolute Gasteiger partial charge is 0.262 e. The lowest BCUT2D eigenvalue weighted by Crippen LogP contribution is -2.44. The van der Waals surface area contributed by atoms with Crippen LogP contribution in [-0.4, -0.2) is 68.9 Å². The molecule has 3 unspecified atom stereocenters. The predicted molar refractivity (Wildman–Crippen MR) is 188 cm³/mol. The van der Waals surface area contributed by atoms with Crippen molar-refractivity contribution in [2.75, 3.05) is 45.4 Å². The minimum absolute atomic E-state index is 0.108. The first-order valence-electron chi connectivity index (χ1n) is 17.2. The highest BCUT2D eigenvalue weighted by Crippen LogP contribution is 2.43. The van der Waals surface area contributed by atoms with Gasteiger partial charge >= 0.3 is 0 Å². The lowest BCUT2D eigenvalue weighted by atomic mass is 9.71. The van der Waals surface area contributed by atoms with E-state index in [1.165, 1.54) is 48.1 Å². The second kappa shape index (κ2) is 15.3. The molecule has 46 heavy (non-hydrogen) atoms. The van der Waals surface area contributed by atoms with Crippen molar-refractivity contribution in [2.24, 2.45) is 11.8 Å². The van der Waals surface area contributed by atoms with Crippen LogP contribution in [0.1, 0.15) is 86.2 Å². The molecular formula is C37H50ClN3O4S. The van der Waals surface area contributed by atoms with Crippen molar-refractivity contribution >= 4 is 35.3 Å². The van der Waals surface area contributed by atoms with Gasteiger partial charge in [0.1, 0.15) is 5.75 Å². The van der Waals surface area contributed by atoms with E-state index in [4.69, 9.17) is 25.8 Å². The number of rotatable bonds is 13. The summed E-state index contributed by atoms with van der Waals surface area (Å²) in [6, 6.07) is 12.2. The maximum absolute atomic E-state index is 13.6. The monoisotopic (exact) mass is 667 g/mol. The van der Waals surface area contributed by atoms with E-state index in [2.05, 4.69) is 53.0 Å². The Kier molecular flexibility index (Phi) is 11.2. The summed E-state index contributed by atoms with van der Waals surface area (Å²) in [6.07, 6.45) is 12.0. The Morgan fingerprint density at radius 2 is 2.02 bits per heavy atom. The van der Waals surface area contributed by atoms with E-state index >= 15 is 0 Å². The topological polar surface area (TPSA) is 63.3 Å². The maximum atomic E-state index is 13.6. The lowest BCUT2D eigenvalue weighted by molar-refractivity contribution is 0.0351. The first kappa shape index (κ1) is 33.7. The van der Waals surface area contributed by atoms with Crippen molar-refractivity contribution in [3.05, 3.63) is 69.8 Å². The van der Waals surface area contributed by atoms with Crippen LogP contribution in [0.2, 0.25) is 5.02 Å². The van der Waals surface area contributed by atoms with Gasteiger partial charge in [-0.05, 0) is 104 Å². The fourth-order valence-corrected chi connectivity index (χ4v) is 8.55. The van der Waals surface area contributed by atoms with Gasteiger partial charge in [-0.15, -0.1) is 0 Å². The van der Waals surface area contributed by atoms with Gasteiger partial charge in [-0.1, -0.05) is 43.5 Å². The molecule has 0 spiro atoms. The largest absolute Gasteiger partial charge is 0.491 e. The van der Waals surface area contributed by atoms with Gasteiger partial charge in [0.15, 0.2) is 0 Å². The number of nitrogens with zero attached hydrogens (tertiary/aromatic N) is 2. The summed E-state index contributed by atoms with van der Waals surface area (Å²) in [5.74, 6) is 2.01. The number of carbonyl (C=O) groups is 1. The molecule has 2 fully saturated rings. The third kappa shape index (κ3) is 7.57. The molecule has 2 aliphatic heterocycles. The van der Waals surface area contributed by atoms with E-state index in [-0.39, 0.29) is 30.1 Å². The van der Waals surface area contributed by atoms with Gasteiger partial charge in [-0.3, -0.25) is 9.52 Å². The number of fused-ring (bicyclic) bond motifs is 1. The number of amides is 1. The van der Waals surface area contributed by atoms with Gasteiger partial charge in [0.05, 0.1) is 24.5 Å². The van der Waals surface area contributed by atoms with Crippen LogP contribution in [0, 0.1) is 11.8 Å². The highest BCUT2D eigenvalue weighted by Gasteiger charge is 2.38. The van der Waals surface area contributed by atoms with Crippen molar-refractivity contribution in [2.45, 2.75) is 89.4 Å². The van der Waals surface area contributed by atoms with Crippen molar-refractivity contribution in [3.8, 4) is 5.75 Å². The number of hydrogen-bond acceptors (Lipinski definition) is 7. The molecule has 9 heteroatoms. The van der Waals surface area contributed by atoms with Crippen LogP contribution in [0.3, 0.4) is 0 Å². The first-order valence-corrected chi connectivity index (χ1v) is 18.3. The van der Waals surface area contributed by atoms with Crippen molar-refractivity contribution in [1.82, 2.24) is 9.03 Å². The second-order valence-corrected chi connectivity index (χ2v) is 14.9. The summed E-state index contributed by atoms with van der Waals surface area (Å²) in [5.41, 5.74) is 5.58. The lowest BCUT2D eigenvalue weighted by Gasteiger charge is -2.42. The van der Waals surface area contributed by atoms with E-state index in [0.29, 0.717) is 24.0 Å². The fourth-order valence-electron chi connectivity index (χ4n) is 7.47. The van der Waals surface area contributed by atoms with Crippen LogP contribution in [0.25, 0.3) is 0 Å². The summed E-state index contributed by atoms with van der Waals surface area (Å²) in [6.45, 7) is 7.44. The molecule has 2 aliphatic carbocycles. The van der Waals surface area contributed by atoms with Crippen molar-refractivity contribution in [3.63, 3.8) is 0 Å². The number of methoxy groups -OCH3 is 1. The zero-order chi connectivity index (χ0) is 32.2. The zero-order valence-electron chi connectivity index (χ0n) is 27.8. The standard InChI is InChI=1S/C37H50ClN3O4S/c1-5-8-26-19-31(38)13-14-33(26)30-21-40(3)34-20-27(12-15-35(34)45-23-30)37(42)39-46-41(22-32-11-7-16-44-32)24(2)28-17-29(18-28)36(43-4)25-9-6-10-25/h12-15,17,19-20,24-25,28,30,32,36H,5-11,16,18,21-23H2,1-4H3,(H,39,42)/t24?,28-,30?,32-,36?/m0/s1. The van der Waals surface area contributed by atoms with Crippen molar-refractivity contribution < 1.29 is 19.0 Å². The summed E-state index contributed by atoms with van der Waals surface area (Å²) >= 11 is 7.76. The molecule has 2 aromatic carbocycles. The fraction of sp³-hybridized carbons (Fsp3) is 0.595. The average molecular weight is 668 g/mol. The Morgan fingerprint density at radius 3 is 2.72 bits per heavy atom. The summed E-state index contributed by atoms with van der Waals surface area (Å²) < 4.78 is 23.7. The Balaban J connectivity index is 1.11. The van der Waals surface area contributed by atoms with Crippen LogP contribution >= 0.6 is 23.7 Å². The quantitative estimate of drug-likeness (QED) is 0.173. The summed E-state index contributed by atoms with van der Waals surface area (Å²) in [5, 5.41) is 0.771. The number of likely N-dealkylation sites (N-methyl/N-ethyl adjacent to an activating group) is 1. The Hall–Kier alpha value is -2.23. The minimum atomic E-state index is -0.108. The van der Waals surface area contributed by atoms with Crippen LogP contribution in [-0.2, 0) is 15.9 Å². The number of anilines is 1. The third-order valence-corrected chi connectivity index (χ3v) is 11.7. The average Bonchev–Trinajstić information content (AvgIpc) is 3.46. The highest BCUT2D eigenvalue weighted by atomic mass is 35.5. The maximum Gasteiger partial charge on any atom is 0.262 e. The molecule has 250 valence electrons. The van der Waals surface area contributed by atoms with Crippen LogP contribution in [0.15, 0.2) is 48.0 Å². The molecule has 4 aliphatic rings. The van der Waals surface area contributed by atoms with Crippen molar-refractivity contribution in [1.29, 1.82) is 0 Å². The highest BCUT2D eigenvalue weighted by molar-refractivity contribution is 7.95. The van der Waals surface area contributed by atoms with Crippen LogP contribution < -0.4 is 14.4 Å². The van der Waals surface area contributed by atoms with Gasteiger partial charge in [-0.25, -0.2) is 4.31 Å². The van der Waals surface area contributed by atoms with Gasteiger partial charge in [0, 0.05) is 68.5 Å². The molecule has 2 heterocycles. The van der Waals surface area contributed by atoms with E-state index in [1.807, 2.05) is 31.4 Å². The summed E-state index contributed by atoms with van der Waals surface area (Å²) in [4.78, 5) is 15.8. The number of carbonyl (C=O) groups excluding carboxylic acids is 1. The van der Waals surface area contributed by atoms with Gasteiger partial charge in [0.25, 0.3) is 5.91 Å². The third-order valence-electron chi connectivity index (χ3n) is 10.5. The molecule has 1 saturated carbocycles. The number of benzene rings is 2. The minimum Gasteiger partial charge on any atom is -0.491 e. The SMILES string of the molecule is CCCc1cc(Cl)ccc1C1COc2ccc(C(=O)NSN(C[C@@H]3CCCO3)C(C)[C@H]3C=C(C(OC)C4CCC4)C3)cc2N(C)C1. The van der Waals surface area contributed by atoms with E-state index in [0.717, 1.165) is 68.3 Å². The number of nitrogens with one attached hydrogen (secondary N) is 1. The molecule has 7 nitrogen and oxygen atoms in total. The van der Waals surface area contributed by atoms with Crippen LogP contribution in [0.5, 0.6) is 5.75 Å². The zero-order valence-corrected chi connectivity index (χ0v) is 29.4. The Morgan fingerprint density at radius 1 is 1.20 bits per heavy atom. The number of aryl methyl sites for hydroxylation is 1. The molecule has 0 bridgehead atoms. The molecule has 1 N–H and O–H groups in total. The number of hydrogen-bond donors (Lipinski definition) is 1. The normalized spacial score (nSPS) is 24.3. The van der Waals surface area contributed by atoms with E-state index < -0.39 is 0 Å². The van der Waals surface area contributed by atoms with Gasteiger partial charge < -0.3 is 19.1 Å². The van der Waals surface area contributed by atoms with Gasteiger partial charge in [0.2, 0.25) is 0 Å². The summed E-state index contributed by atoms with van der Waals surface area (Å²) in [7, 11) is 3.93. The molecular weight excluding hydrogens is 618 g/mol. The van der Waals surface area contributed by atoms with E-state index in [1.54, 1.807) is 0 Å². The molecule has 0 aromatic heterocycles. The molecule has 0 radical (unpaired) electrons. The van der Waals surface area contributed by atoms with Crippen LogP contribution in [0.4, 0.5) is 5.69 Å². The Labute approximate surface area is 284 Å². The second-order valence-electron chi connectivity index (χ2n) is 13.6. The molecule has 2 aromatic rings. The molecule has 6 rings (SSSR count). The Bertz CT molecular complexity index is 1390. The van der Waals surface area contributed by atoms with E-state index in [9.17, 15) is 4.79 Å².